The number of hydrogen-bond acceptors (Lipinski definition) is 3. The molecule has 0 radical (unpaired) electrons. The van der Waals surface area contributed by atoms with Crippen LogP contribution in [0.15, 0.2) is 83.3 Å². The predicted octanol–water partition coefficient (Wildman–Crippen LogP) is 4.78. The van der Waals surface area contributed by atoms with Crippen LogP contribution in [0.3, 0.4) is 0 Å². The van der Waals surface area contributed by atoms with Gasteiger partial charge >= 0.3 is 0 Å². The topological polar surface area (TPSA) is 50.4 Å². The lowest BCUT2D eigenvalue weighted by molar-refractivity contribution is -0.119. The molecule has 0 spiro atoms. The van der Waals surface area contributed by atoms with Crippen LogP contribution in [-0.4, -0.2) is 19.6 Å². The van der Waals surface area contributed by atoms with Crippen LogP contribution in [0.2, 0.25) is 0 Å². The second-order valence-electron chi connectivity index (χ2n) is 6.04. The zero-order chi connectivity index (χ0) is 19.1. The van der Waals surface area contributed by atoms with Crippen molar-refractivity contribution >= 4 is 27.5 Å². The first-order valence-corrected chi connectivity index (χ1v) is 9.43. The fraction of sp³-hybridized carbons (Fsp3) is 0.136. The molecule has 4 nitrogen and oxygen atoms in total. The second kappa shape index (κ2) is 9.24. The highest BCUT2D eigenvalue weighted by molar-refractivity contribution is 9.10. The standard InChI is InChI=1S/C22H21BrN2O2/c1-27-20-13-7-17(8-14-20)22(16-5-3-2-4-6-16)25-21(26)15-24-19-11-9-18(23)10-12-19/h2-14,22,24H,15H2,1H3,(H,25,26)/t22-/m1/s1. The van der Waals surface area contributed by atoms with Gasteiger partial charge in [-0.05, 0) is 47.5 Å². The van der Waals surface area contributed by atoms with Crippen LogP contribution < -0.4 is 15.4 Å². The summed E-state index contributed by atoms with van der Waals surface area (Å²) in [7, 11) is 1.64. The van der Waals surface area contributed by atoms with Crippen LogP contribution in [0, 0.1) is 0 Å². The fourth-order valence-electron chi connectivity index (χ4n) is 2.76. The van der Waals surface area contributed by atoms with Gasteiger partial charge in [-0.3, -0.25) is 4.79 Å². The molecule has 27 heavy (non-hydrogen) atoms. The average molecular weight is 425 g/mol. The maximum Gasteiger partial charge on any atom is 0.240 e. The van der Waals surface area contributed by atoms with Crippen molar-refractivity contribution in [2.75, 3.05) is 19.0 Å². The van der Waals surface area contributed by atoms with E-state index in [0.29, 0.717) is 0 Å². The van der Waals surface area contributed by atoms with Crippen molar-refractivity contribution in [2.45, 2.75) is 6.04 Å². The number of amides is 1. The van der Waals surface area contributed by atoms with Gasteiger partial charge in [-0.15, -0.1) is 0 Å². The molecule has 3 aromatic rings. The molecule has 3 aromatic carbocycles. The zero-order valence-electron chi connectivity index (χ0n) is 15.0. The number of nitrogens with one attached hydrogen (secondary N) is 2. The molecule has 2 N–H and O–H groups in total. The highest BCUT2D eigenvalue weighted by Crippen LogP contribution is 2.24. The number of halogens is 1. The molecular weight excluding hydrogens is 404 g/mol. The minimum atomic E-state index is -0.226. The fourth-order valence-corrected chi connectivity index (χ4v) is 3.03. The molecule has 0 aliphatic carbocycles. The lowest BCUT2D eigenvalue weighted by atomic mass is 9.98. The number of carbonyl (C=O) groups is 1. The van der Waals surface area contributed by atoms with E-state index in [-0.39, 0.29) is 18.5 Å². The summed E-state index contributed by atoms with van der Waals surface area (Å²) < 4.78 is 6.23. The Morgan fingerprint density at radius 2 is 1.56 bits per heavy atom. The summed E-state index contributed by atoms with van der Waals surface area (Å²) in [6, 6.07) is 25.2. The van der Waals surface area contributed by atoms with Gasteiger partial charge in [0.15, 0.2) is 0 Å². The van der Waals surface area contributed by atoms with Gasteiger partial charge in [-0.1, -0.05) is 58.4 Å². The zero-order valence-corrected chi connectivity index (χ0v) is 16.6. The Morgan fingerprint density at radius 3 is 2.19 bits per heavy atom. The Hall–Kier alpha value is -2.79. The Bertz CT molecular complexity index is 865. The number of methoxy groups -OCH3 is 1. The van der Waals surface area contributed by atoms with Gasteiger partial charge in [-0.25, -0.2) is 0 Å². The summed E-state index contributed by atoms with van der Waals surface area (Å²) in [6.07, 6.45) is 0. The lowest BCUT2D eigenvalue weighted by Crippen LogP contribution is -2.33. The summed E-state index contributed by atoms with van der Waals surface area (Å²) in [5.74, 6) is 0.705. The van der Waals surface area contributed by atoms with E-state index >= 15 is 0 Å². The van der Waals surface area contributed by atoms with Gasteiger partial charge in [0.25, 0.3) is 0 Å². The number of benzene rings is 3. The summed E-state index contributed by atoms with van der Waals surface area (Å²) in [5, 5.41) is 6.26. The van der Waals surface area contributed by atoms with Crippen LogP contribution in [0.5, 0.6) is 5.75 Å². The van der Waals surface area contributed by atoms with E-state index in [1.807, 2.05) is 78.9 Å². The molecule has 138 valence electrons. The maximum atomic E-state index is 12.6. The van der Waals surface area contributed by atoms with Gasteiger partial charge in [0.05, 0.1) is 19.7 Å². The number of rotatable bonds is 7. The molecule has 0 aromatic heterocycles. The lowest BCUT2D eigenvalue weighted by Gasteiger charge is -2.20. The van der Waals surface area contributed by atoms with E-state index in [2.05, 4.69) is 26.6 Å². The first-order chi connectivity index (χ1) is 13.2. The average Bonchev–Trinajstić information content (AvgIpc) is 2.72. The van der Waals surface area contributed by atoms with Gasteiger partial charge < -0.3 is 15.4 Å². The van der Waals surface area contributed by atoms with Crippen molar-refractivity contribution < 1.29 is 9.53 Å². The quantitative estimate of drug-likeness (QED) is 0.573. The van der Waals surface area contributed by atoms with Crippen molar-refractivity contribution in [1.82, 2.24) is 5.32 Å². The van der Waals surface area contributed by atoms with E-state index in [4.69, 9.17) is 4.74 Å². The third kappa shape index (κ3) is 5.34. The van der Waals surface area contributed by atoms with Crippen LogP contribution >= 0.6 is 15.9 Å². The third-order valence-corrected chi connectivity index (χ3v) is 4.71. The summed E-state index contributed by atoms with van der Waals surface area (Å²) >= 11 is 3.40. The number of ether oxygens (including phenoxy) is 1. The highest BCUT2D eigenvalue weighted by atomic mass is 79.9. The van der Waals surface area contributed by atoms with E-state index in [9.17, 15) is 4.79 Å². The van der Waals surface area contributed by atoms with Crippen molar-refractivity contribution in [1.29, 1.82) is 0 Å². The van der Waals surface area contributed by atoms with Crippen molar-refractivity contribution in [3.8, 4) is 5.75 Å². The SMILES string of the molecule is COc1ccc([C@H](NC(=O)CNc2ccc(Br)cc2)c2ccccc2)cc1. The molecule has 0 fully saturated rings. The van der Waals surface area contributed by atoms with Gasteiger partial charge in [-0.2, -0.15) is 0 Å². The maximum absolute atomic E-state index is 12.6. The van der Waals surface area contributed by atoms with Crippen LogP contribution in [0.25, 0.3) is 0 Å². The van der Waals surface area contributed by atoms with Gasteiger partial charge in [0, 0.05) is 10.2 Å². The highest BCUT2D eigenvalue weighted by Gasteiger charge is 2.16. The van der Waals surface area contributed by atoms with E-state index in [1.54, 1.807) is 7.11 Å². The first-order valence-electron chi connectivity index (χ1n) is 8.63. The molecule has 0 bridgehead atoms. The smallest absolute Gasteiger partial charge is 0.240 e. The number of anilines is 1. The Balaban J connectivity index is 1.72. The minimum Gasteiger partial charge on any atom is -0.497 e. The molecule has 0 unspecified atom stereocenters. The summed E-state index contributed by atoms with van der Waals surface area (Å²) in [5.41, 5.74) is 2.92. The molecule has 0 heterocycles. The molecule has 0 saturated carbocycles. The van der Waals surface area contributed by atoms with Crippen LogP contribution in [-0.2, 0) is 4.79 Å². The first kappa shape index (κ1) is 19.0. The monoisotopic (exact) mass is 424 g/mol. The Kier molecular flexibility index (Phi) is 6.49. The molecule has 0 aliphatic rings. The van der Waals surface area contributed by atoms with E-state index in [1.165, 1.54) is 0 Å². The Morgan fingerprint density at radius 1 is 0.926 bits per heavy atom. The molecule has 3 rings (SSSR count). The van der Waals surface area contributed by atoms with Crippen molar-refractivity contribution in [3.63, 3.8) is 0 Å². The van der Waals surface area contributed by atoms with E-state index in [0.717, 1.165) is 27.0 Å². The predicted molar refractivity (Wildman–Crippen MR) is 112 cm³/mol. The van der Waals surface area contributed by atoms with Gasteiger partial charge in [0.2, 0.25) is 5.91 Å². The molecule has 1 atom stereocenters. The van der Waals surface area contributed by atoms with Gasteiger partial charge in [0.1, 0.15) is 5.75 Å². The number of carbonyl (C=O) groups excluding carboxylic acids is 1. The molecule has 1 amide bonds. The molecule has 5 heteroatoms. The normalized spacial score (nSPS) is 11.5. The Labute approximate surface area is 167 Å². The van der Waals surface area contributed by atoms with Crippen molar-refractivity contribution in [2.24, 2.45) is 0 Å². The van der Waals surface area contributed by atoms with Crippen LogP contribution in [0.4, 0.5) is 5.69 Å². The van der Waals surface area contributed by atoms with E-state index < -0.39 is 0 Å². The minimum absolute atomic E-state index is 0.0809. The summed E-state index contributed by atoms with van der Waals surface area (Å²) in [6.45, 7) is 0.196. The van der Waals surface area contributed by atoms with Crippen molar-refractivity contribution in [3.05, 3.63) is 94.5 Å². The third-order valence-electron chi connectivity index (χ3n) is 4.18. The largest absolute Gasteiger partial charge is 0.497 e. The molecule has 0 aliphatic heterocycles. The number of hydrogen-bond donors (Lipinski definition) is 2. The van der Waals surface area contributed by atoms with Crippen LogP contribution in [0.1, 0.15) is 17.2 Å². The summed E-state index contributed by atoms with van der Waals surface area (Å²) in [4.78, 5) is 12.6. The molecule has 0 saturated heterocycles. The molecular formula is C22H21BrN2O2. The second-order valence-corrected chi connectivity index (χ2v) is 6.96.